The highest BCUT2D eigenvalue weighted by molar-refractivity contribution is 6.19. The first-order valence-electron chi connectivity index (χ1n) is 10.5. The van der Waals surface area contributed by atoms with Gasteiger partial charge in [-0.05, 0) is 23.1 Å². The molecule has 170 valence electrons. The summed E-state index contributed by atoms with van der Waals surface area (Å²) in [5, 5.41) is 22.3. The fraction of sp³-hybridized carbons (Fsp3) is 0.240. The Morgan fingerprint density at radius 3 is 2.48 bits per heavy atom. The van der Waals surface area contributed by atoms with Crippen LogP contribution in [0.2, 0.25) is 0 Å². The molecule has 0 fully saturated rings. The van der Waals surface area contributed by atoms with Gasteiger partial charge in [-0.2, -0.15) is 0 Å². The van der Waals surface area contributed by atoms with Crippen molar-refractivity contribution in [2.45, 2.75) is 5.92 Å². The molecule has 0 aliphatic carbocycles. The van der Waals surface area contributed by atoms with E-state index in [2.05, 4.69) is 4.98 Å². The number of anilines is 1. The molecule has 8 heteroatoms. The number of nitrogens with zero attached hydrogens (tertiary/aromatic N) is 1. The molecule has 4 aromatic rings. The number of aromatic amines is 1. The maximum Gasteiger partial charge on any atom is 0.205 e. The maximum absolute atomic E-state index is 10.7. The maximum atomic E-state index is 10.7. The topological polar surface area (TPSA) is 90.8 Å². The zero-order valence-corrected chi connectivity index (χ0v) is 19.3. The molecule has 0 unspecified atom stereocenters. The van der Waals surface area contributed by atoms with E-state index in [1.54, 1.807) is 27.4 Å². The molecule has 2 heterocycles. The number of H-pyrrole nitrogens is 1. The third kappa shape index (κ3) is 3.15. The van der Waals surface area contributed by atoms with Crippen molar-refractivity contribution in [1.29, 1.82) is 5.41 Å². The normalized spacial score (nSPS) is 15.2. The summed E-state index contributed by atoms with van der Waals surface area (Å²) in [6.07, 6.45) is 0. The molecule has 1 atom stereocenters. The Morgan fingerprint density at radius 1 is 1.09 bits per heavy atom. The number of hydrogen-bond donors (Lipinski definition) is 3. The Labute approximate surface area is 195 Å². The Bertz CT molecular complexity index is 1400. The summed E-state index contributed by atoms with van der Waals surface area (Å²) in [6.45, 7) is 0.546. The van der Waals surface area contributed by atoms with Crippen LogP contribution in [-0.2, 0) is 0 Å². The number of hydrogen-bond acceptors (Lipinski definition) is 5. The molecule has 1 aliphatic heterocycles. The van der Waals surface area contributed by atoms with Crippen molar-refractivity contribution in [2.24, 2.45) is 0 Å². The van der Waals surface area contributed by atoms with E-state index in [-0.39, 0.29) is 17.5 Å². The molecule has 5 rings (SSSR count). The minimum Gasteiger partial charge on any atom is -0.507 e. The van der Waals surface area contributed by atoms with Crippen molar-refractivity contribution in [2.75, 3.05) is 38.7 Å². The van der Waals surface area contributed by atoms with E-state index in [1.807, 2.05) is 41.3 Å². The third-order valence-electron chi connectivity index (χ3n) is 6.28. The van der Waals surface area contributed by atoms with Crippen molar-refractivity contribution in [1.82, 2.24) is 4.98 Å². The number of rotatable bonds is 5. The van der Waals surface area contributed by atoms with Crippen LogP contribution >= 0.6 is 11.6 Å². The van der Waals surface area contributed by atoms with E-state index in [0.29, 0.717) is 40.9 Å². The Morgan fingerprint density at radius 2 is 1.82 bits per heavy atom. The van der Waals surface area contributed by atoms with E-state index in [1.165, 1.54) is 0 Å². The van der Waals surface area contributed by atoms with Gasteiger partial charge >= 0.3 is 0 Å². The average Bonchev–Trinajstić information content (AvgIpc) is 3.43. The number of ether oxygens (including phenoxy) is 3. The van der Waals surface area contributed by atoms with Gasteiger partial charge in [0.1, 0.15) is 11.6 Å². The first-order valence-corrected chi connectivity index (χ1v) is 11.0. The number of phenols is 1. The van der Waals surface area contributed by atoms with E-state index in [0.717, 1.165) is 27.4 Å². The van der Waals surface area contributed by atoms with E-state index >= 15 is 0 Å². The van der Waals surface area contributed by atoms with Crippen LogP contribution in [0, 0.1) is 5.41 Å². The standard InChI is InChI=1S/C25H24ClN3O4/c1-31-20-9-13-8-17(28-22(13)24(33-3)23(20)32-2)25(27)29-12-14(11-26)21-16-7-5-4-6-15(16)19(30)10-18(21)29/h4-10,14,27-28,30H,11-12H2,1-3H3/t14-/m1/s1. The lowest BCUT2D eigenvalue weighted by Gasteiger charge is -2.20. The number of phenolic OH excluding ortho intramolecular Hbond substituents is 1. The van der Waals surface area contributed by atoms with Crippen LogP contribution in [-0.4, -0.2) is 49.7 Å². The molecule has 3 N–H and O–H groups in total. The Hall–Kier alpha value is -3.58. The first kappa shape index (κ1) is 21.3. The van der Waals surface area contributed by atoms with Gasteiger partial charge in [-0.1, -0.05) is 24.3 Å². The second-order valence-corrected chi connectivity index (χ2v) is 8.29. The highest BCUT2D eigenvalue weighted by Gasteiger charge is 2.34. The molecule has 3 aromatic carbocycles. The van der Waals surface area contributed by atoms with Crippen LogP contribution in [0.1, 0.15) is 17.2 Å². The quantitative estimate of drug-likeness (QED) is 0.213. The molecule has 0 bridgehead atoms. The second kappa shape index (κ2) is 8.08. The van der Waals surface area contributed by atoms with Crippen molar-refractivity contribution in [3.8, 4) is 23.0 Å². The predicted molar refractivity (Wildman–Crippen MR) is 131 cm³/mol. The van der Waals surface area contributed by atoms with Crippen molar-refractivity contribution < 1.29 is 19.3 Å². The number of methoxy groups -OCH3 is 3. The number of alkyl halides is 1. The third-order valence-corrected chi connectivity index (χ3v) is 6.65. The molecule has 0 saturated carbocycles. The van der Waals surface area contributed by atoms with Gasteiger partial charge in [0.2, 0.25) is 5.75 Å². The highest BCUT2D eigenvalue weighted by Crippen LogP contribution is 2.46. The largest absolute Gasteiger partial charge is 0.507 e. The van der Waals surface area contributed by atoms with Gasteiger partial charge in [-0.25, -0.2) is 0 Å². The van der Waals surface area contributed by atoms with E-state index in [4.69, 9.17) is 31.2 Å². The zero-order valence-electron chi connectivity index (χ0n) is 18.5. The number of fused-ring (bicyclic) bond motifs is 4. The monoisotopic (exact) mass is 465 g/mol. The van der Waals surface area contributed by atoms with Crippen LogP contribution in [0.25, 0.3) is 21.7 Å². The van der Waals surface area contributed by atoms with Crippen LogP contribution in [0.15, 0.2) is 42.5 Å². The highest BCUT2D eigenvalue weighted by atomic mass is 35.5. The number of aromatic hydroxyl groups is 1. The first-order chi connectivity index (χ1) is 16.0. The molecule has 0 spiro atoms. The minimum absolute atomic E-state index is 0.0339. The van der Waals surface area contributed by atoms with Gasteiger partial charge in [0.05, 0.1) is 38.2 Å². The van der Waals surface area contributed by atoms with Gasteiger partial charge < -0.3 is 29.2 Å². The van der Waals surface area contributed by atoms with Crippen LogP contribution in [0.4, 0.5) is 5.69 Å². The van der Waals surface area contributed by atoms with Gasteiger partial charge in [-0.15, -0.1) is 11.6 Å². The van der Waals surface area contributed by atoms with Crippen LogP contribution < -0.4 is 19.1 Å². The number of aromatic nitrogens is 1. The summed E-state index contributed by atoms with van der Waals surface area (Å²) in [7, 11) is 4.70. The molecule has 0 radical (unpaired) electrons. The predicted octanol–water partition coefficient (Wildman–Crippen LogP) is 5.22. The van der Waals surface area contributed by atoms with Crippen LogP contribution in [0.3, 0.4) is 0 Å². The summed E-state index contributed by atoms with van der Waals surface area (Å²) >= 11 is 6.35. The number of nitrogens with one attached hydrogen (secondary N) is 2. The van der Waals surface area contributed by atoms with Crippen molar-refractivity contribution in [3.05, 3.63) is 53.7 Å². The number of benzene rings is 3. The summed E-state index contributed by atoms with van der Waals surface area (Å²) in [5.74, 6) is 2.45. The molecular weight excluding hydrogens is 442 g/mol. The van der Waals surface area contributed by atoms with Gasteiger partial charge in [-0.3, -0.25) is 5.41 Å². The molecule has 1 aromatic heterocycles. The lowest BCUT2D eigenvalue weighted by Crippen LogP contribution is -2.30. The molecule has 7 nitrogen and oxygen atoms in total. The zero-order chi connectivity index (χ0) is 23.3. The van der Waals surface area contributed by atoms with Crippen LogP contribution in [0.5, 0.6) is 23.0 Å². The van der Waals surface area contributed by atoms with Gasteiger partial charge in [0.25, 0.3) is 0 Å². The summed E-state index contributed by atoms with van der Waals surface area (Å²) in [4.78, 5) is 5.20. The van der Waals surface area contributed by atoms with E-state index in [9.17, 15) is 5.11 Å². The van der Waals surface area contributed by atoms with Gasteiger partial charge in [0, 0.05) is 35.2 Å². The lowest BCUT2D eigenvalue weighted by molar-refractivity contribution is 0.327. The smallest absolute Gasteiger partial charge is 0.205 e. The Kier molecular flexibility index (Phi) is 5.21. The number of halogens is 1. The minimum atomic E-state index is 0.0339. The SMILES string of the molecule is COc1cc2cc(C(=N)N3C[C@@H](CCl)c4c3cc(O)c3ccccc43)[nH]c2c(OC)c1OC. The molecule has 1 aliphatic rings. The molecular formula is C25H24ClN3O4. The second-order valence-electron chi connectivity index (χ2n) is 7.98. The molecule has 0 amide bonds. The van der Waals surface area contributed by atoms with Gasteiger partial charge in [0.15, 0.2) is 11.5 Å². The van der Waals surface area contributed by atoms with Crippen molar-refractivity contribution >= 4 is 44.8 Å². The van der Waals surface area contributed by atoms with E-state index < -0.39 is 0 Å². The average molecular weight is 466 g/mol. The lowest BCUT2D eigenvalue weighted by atomic mass is 9.95. The molecule has 0 saturated heterocycles. The summed E-state index contributed by atoms with van der Waals surface area (Å²) < 4.78 is 16.5. The summed E-state index contributed by atoms with van der Waals surface area (Å²) in [5.41, 5.74) is 3.17. The summed E-state index contributed by atoms with van der Waals surface area (Å²) in [6, 6.07) is 13.2. The molecule has 33 heavy (non-hydrogen) atoms. The Balaban J connectivity index is 1.64. The fourth-order valence-electron chi connectivity index (χ4n) is 4.78. The number of amidine groups is 1. The fourth-order valence-corrected chi connectivity index (χ4v) is 5.03. The van der Waals surface area contributed by atoms with Crippen molar-refractivity contribution in [3.63, 3.8) is 0 Å².